The van der Waals surface area contributed by atoms with Crippen molar-refractivity contribution in [1.29, 1.82) is 0 Å². The highest BCUT2D eigenvalue weighted by atomic mass is 16.2. The lowest BCUT2D eigenvalue weighted by molar-refractivity contribution is -0.136. The van der Waals surface area contributed by atoms with E-state index in [1.165, 1.54) is 4.90 Å². The standard InChI is InChI=1S/C44H39N7O5/c1-24(2)31-17-28(18-32-34(41(53)45-3)22-49-40(31)32)29-10-5-8-26-19-37(48-21-33(26)29)27-12-13-36(47-20-27)42(54)46-16-6-9-25-7-4-11-30-35(25)23-51(44(30)56)38-14-15-39(52)50-43(38)55/h4-13,17-22,24,38,49H,14-16,23H2,1-3H3,(H,45,53)(H,46,54)(H,50,52,55)/b9-6+. The fourth-order valence-corrected chi connectivity index (χ4v) is 7.65. The smallest absolute Gasteiger partial charge is 0.270 e. The van der Waals surface area contributed by atoms with Gasteiger partial charge in [0.2, 0.25) is 11.8 Å². The summed E-state index contributed by atoms with van der Waals surface area (Å²) in [5, 5.41) is 10.8. The molecular weight excluding hydrogens is 707 g/mol. The van der Waals surface area contributed by atoms with Crippen molar-refractivity contribution in [2.24, 2.45) is 0 Å². The van der Waals surface area contributed by atoms with Gasteiger partial charge in [0.1, 0.15) is 11.7 Å². The molecule has 1 atom stereocenters. The molecule has 0 bridgehead atoms. The summed E-state index contributed by atoms with van der Waals surface area (Å²) in [6, 6.07) is 20.6. The molecule has 5 amide bonds. The number of amides is 5. The van der Waals surface area contributed by atoms with Gasteiger partial charge in [-0.2, -0.15) is 0 Å². The predicted octanol–water partition coefficient (Wildman–Crippen LogP) is 6.13. The van der Waals surface area contributed by atoms with E-state index in [0.29, 0.717) is 23.2 Å². The van der Waals surface area contributed by atoms with E-state index < -0.39 is 11.9 Å². The van der Waals surface area contributed by atoms with Crippen LogP contribution in [0.4, 0.5) is 0 Å². The number of carbonyl (C=O) groups excluding carboxylic acids is 5. The zero-order chi connectivity index (χ0) is 39.1. The number of nitrogens with one attached hydrogen (secondary N) is 4. The molecule has 0 aliphatic carbocycles. The monoisotopic (exact) mass is 745 g/mol. The van der Waals surface area contributed by atoms with E-state index >= 15 is 0 Å². The van der Waals surface area contributed by atoms with Crippen LogP contribution in [0, 0.1) is 0 Å². The van der Waals surface area contributed by atoms with E-state index in [2.05, 4.69) is 58.0 Å². The average Bonchev–Trinajstić information content (AvgIpc) is 3.79. The number of nitrogens with zero attached hydrogens (tertiary/aromatic N) is 3. The molecule has 0 spiro atoms. The molecule has 8 rings (SSSR count). The second-order valence-electron chi connectivity index (χ2n) is 14.3. The molecule has 0 saturated carbocycles. The first-order valence-electron chi connectivity index (χ1n) is 18.5. The molecule has 4 N–H and O–H groups in total. The van der Waals surface area contributed by atoms with Gasteiger partial charge in [0.25, 0.3) is 17.7 Å². The third-order valence-corrected chi connectivity index (χ3v) is 10.6. The topological polar surface area (TPSA) is 166 Å². The highest BCUT2D eigenvalue weighted by molar-refractivity contribution is 6.10. The Labute approximate surface area is 322 Å². The lowest BCUT2D eigenvalue weighted by atomic mass is 9.91. The molecule has 12 nitrogen and oxygen atoms in total. The van der Waals surface area contributed by atoms with Gasteiger partial charge in [-0.1, -0.05) is 56.3 Å². The molecule has 2 aliphatic rings. The van der Waals surface area contributed by atoms with Crippen LogP contribution >= 0.6 is 0 Å². The highest BCUT2D eigenvalue weighted by Crippen LogP contribution is 2.37. The number of hydrogen-bond acceptors (Lipinski definition) is 7. The number of H-pyrrole nitrogens is 1. The van der Waals surface area contributed by atoms with Gasteiger partial charge < -0.3 is 20.5 Å². The Balaban J connectivity index is 0.952. The number of pyridine rings is 2. The Morgan fingerprint density at radius 1 is 0.929 bits per heavy atom. The third-order valence-electron chi connectivity index (χ3n) is 10.6. The van der Waals surface area contributed by atoms with Crippen LogP contribution in [0.1, 0.15) is 80.5 Å². The van der Waals surface area contributed by atoms with Crippen molar-refractivity contribution in [3.05, 3.63) is 125 Å². The van der Waals surface area contributed by atoms with Crippen LogP contribution in [0.3, 0.4) is 0 Å². The van der Waals surface area contributed by atoms with Crippen molar-refractivity contribution >= 4 is 57.3 Å². The molecule has 2 aliphatic heterocycles. The number of piperidine rings is 1. The fourth-order valence-electron chi connectivity index (χ4n) is 7.65. The first-order chi connectivity index (χ1) is 27.1. The van der Waals surface area contributed by atoms with Gasteiger partial charge in [0.05, 0.1) is 11.3 Å². The van der Waals surface area contributed by atoms with Gasteiger partial charge in [-0.15, -0.1) is 0 Å². The molecule has 56 heavy (non-hydrogen) atoms. The molecule has 3 aromatic heterocycles. The van der Waals surface area contributed by atoms with E-state index in [1.807, 2.05) is 42.6 Å². The lowest BCUT2D eigenvalue weighted by Crippen LogP contribution is -2.52. The second kappa shape index (κ2) is 14.7. The predicted molar refractivity (Wildman–Crippen MR) is 214 cm³/mol. The van der Waals surface area contributed by atoms with E-state index in [9.17, 15) is 24.0 Å². The second-order valence-corrected chi connectivity index (χ2v) is 14.3. The van der Waals surface area contributed by atoms with E-state index in [1.54, 1.807) is 43.7 Å². The Morgan fingerprint density at radius 2 is 1.75 bits per heavy atom. The molecule has 3 aromatic carbocycles. The van der Waals surface area contributed by atoms with Crippen LogP contribution < -0.4 is 16.0 Å². The number of benzene rings is 3. The molecule has 1 saturated heterocycles. The minimum Gasteiger partial charge on any atom is -0.360 e. The molecular formula is C44H39N7O5. The lowest BCUT2D eigenvalue weighted by Gasteiger charge is -2.29. The number of carbonyl (C=O) groups is 5. The minimum atomic E-state index is -0.686. The number of imide groups is 1. The molecule has 12 heteroatoms. The molecule has 5 heterocycles. The van der Waals surface area contributed by atoms with Gasteiger partial charge in [-0.3, -0.25) is 39.3 Å². The normalized spacial score (nSPS) is 15.5. The van der Waals surface area contributed by atoms with Gasteiger partial charge in [0.15, 0.2) is 0 Å². The Morgan fingerprint density at radius 3 is 2.52 bits per heavy atom. The maximum atomic E-state index is 13.1. The van der Waals surface area contributed by atoms with Crippen LogP contribution in [0.5, 0.6) is 0 Å². The number of aromatic amines is 1. The van der Waals surface area contributed by atoms with E-state index in [0.717, 1.165) is 55.1 Å². The van der Waals surface area contributed by atoms with Crippen LogP contribution in [0.25, 0.3) is 50.1 Å². The summed E-state index contributed by atoms with van der Waals surface area (Å²) in [6.45, 7) is 4.77. The van der Waals surface area contributed by atoms with Crippen molar-refractivity contribution in [2.75, 3.05) is 13.6 Å². The molecule has 280 valence electrons. The van der Waals surface area contributed by atoms with Crippen LogP contribution in [-0.4, -0.2) is 69.0 Å². The Bertz CT molecular complexity index is 2620. The van der Waals surface area contributed by atoms with Crippen LogP contribution in [0.2, 0.25) is 0 Å². The summed E-state index contributed by atoms with van der Waals surface area (Å²) < 4.78 is 0. The third kappa shape index (κ3) is 6.59. The quantitative estimate of drug-likeness (QED) is 0.129. The zero-order valence-electron chi connectivity index (χ0n) is 31.1. The summed E-state index contributed by atoms with van der Waals surface area (Å²) in [6.07, 6.45) is 9.39. The Hall–Kier alpha value is -6.95. The maximum Gasteiger partial charge on any atom is 0.270 e. The first kappa shape index (κ1) is 36.0. The number of rotatable bonds is 9. The van der Waals surface area contributed by atoms with Gasteiger partial charge in [-0.25, -0.2) is 0 Å². The fraction of sp³-hybridized carbons (Fsp3) is 0.205. The SMILES string of the molecule is CNC(=O)c1c[nH]c2c(C(C)C)cc(-c3cccc4cc(-c5ccc(C(=O)NC/C=C/c6cccc7c6CN(C6CCC(=O)NC6=O)C7=O)nc5)ncc34)cc12. The first-order valence-corrected chi connectivity index (χ1v) is 18.5. The Kier molecular flexibility index (Phi) is 9.47. The van der Waals surface area contributed by atoms with Crippen molar-refractivity contribution in [3.8, 4) is 22.4 Å². The summed E-state index contributed by atoms with van der Waals surface area (Å²) in [7, 11) is 1.63. The van der Waals surface area contributed by atoms with E-state index in [-0.39, 0.29) is 54.8 Å². The summed E-state index contributed by atoms with van der Waals surface area (Å²) in [5.74, 6) is -1.27. The number of aromatic nitrogens is 3. The molecule has 1 unspecified atom stereocenters. The van der Waals surface area contributed by atoms with Gasteiger partial charge in [-0.05, 0) is 81.9 Å². The minimum absolute atomic E-state index is 0.144. The number of fused-ring (bicyclic) bond motifs is 3. The largest absolute Gasteiger partial charge is 0.360 e. The van der Waals surface area contributed by atoms with Crippen LogP contribution in [-0.2, 0) is 16.1 Å². The van der Waals surface area contributed by atoms with Crippen molar-refractivity contribution in [1.82, 2.24) is 35.8 Å². The van der Waals surface area contributed by atoms with Gasteiger partial charge in [0, 0.05) is 72.6 Å². The zero-order valence-corrected chi connectivity index (χ0v) is 31.1. The van der Waals surface area contributed by atoms with Crippen molar-refractivity contribution in [3.63, 3.8) is 0 Å². The van der Waals surface area contributed by atoms with E-state index in [4.69, 9.17) is 4.98 Å². The van der Waals surface area contributed by atoms with Crippen molar-refractivity contribution < 1.29 is 24.0 Å². The highest BCUT2D eigenvalue weighted by Gasteiger charge is 2.39. The maximum absolute atomic E-state index is 13.1. The molecule has 6 aromatic rings. The van der Waals surface area contributed by atoms with Crippen LogP contribution in [0.15, 0.2) is 91.4 Å². The average molecular weight is 746 g/mol. The molecule has 1 fully saturated rings. The summed E-state index contributed by atoms with van der Waals surface area (Å²) in [4.78, 5) is 76.9. The van der Waals surface area contributed by atoms with Crippen molar-refractivity contribution in [2.45, 2.75) is 45.2 Å². The molecule has 0 radical (unpaired) electrons. The van der Waals surface area contributed by atoms with Gasteiger partial charge >= 0.3 is 0 Å². The summed E-state index contributed by atoms with van der Waals surface area (Å²) in [5.41, 5.74) is 8.56. The summed E-state index contributed by atoms with van der Waals surface area (Å²) >= 11 is 0. The number of hydrogen-bond donors (Lipinski definition) is 4.